The molecule has 84 heavy (non-hydrogen) atoms. The van der Waals surface area contributed by atoms with E-state index in [4.69, 9.17) is 59.3 Å². The van der Waals surface area contributed by atoms with Gasteiger partial charge in [0.2, 0.25) is 0 Å². The predicted molar refractivity (Wildman–Crippen MR) is 287 cm³/mol. The summed E-state index contributed by atoms with van der Waals surface area (Å²) in [5.41, 5.74) is 23.5. The Labute approximate surface area is 471 Å². The van der Waals surface area contributed by atoms with Crippen LogP contribution in [0.3, 0.4) is 0 Å². The third-order valence-corrected chi connectivity index (χ3v) is 15.4. The van der Waals surface area contributed by atoms with E-state index in [1.807, 2.05) is 5.09 Å². The number of carbonyl (C=O) groups is 2. The fraction of sp³-hybridized carbons (Fsp3) is 0.545. The van der Waals surface area contributed by atoms with Crippen molar-refractivity contribution in [1.82, 2.24) is 38.8 Å². The fourth-order valence-electron chi connectivity index (χ4n) is 8.10. The van der Waals surface area contributed by atoms with Gasteiger partial charge in [0.1, 0.15) is 42.3 Å². The first-order chi connectivity index (χ1) is 39.7. The summed E-state index contributed by atoms with van der Waals surface area (Å²) >= 11 is 0. The van der Waals surface area contributed by atoms with E-state index in [1.165, 1.54) is 74.8 Å². The lowest BCUT2D eigenvalue weighted by Crippen LogP contribution is -2.36. The maximum absolute atomic E-state index is 13.6. The molecule has 6 heterocycles. The van der Waals surface area contributed by atoms with Crippen molar-refractivity contribution in [2.75, 3.05) is 34.0 Å². The Balaban J connectivity index is 0.000000243. The second kappa shape index (κ2) is 29.9. The maximum atomic E-state index is 13.6. The molecule has 40 heteroatoms. The minimum Gasteiger partial charge on any atom is -0.497 e. The second-order valence-electron chi connectivity index (χ2n) is 18.5. The van der Waals surface area contributed by atoms with Crippen molar-refractivity contribution < 1.29 is 71.1 Å². The number of nitrogens with zero attached hydrogens (tertiary/aromatic N) is 12. The van der Waals surface area contributed by atoms with Crippen LogP contribution < -0.4 is 53.2 Å². The number of hydrogen-bond acceptors (Lipinski definition) is 22. The van der Waals surface area contributed by atoms with Gasteiger partial charge in [-0.1, -0.05) is 15.3 Å². The van der Waals surface area contributed by atoms with Gasteiger partial charge in [0.25, 0.3) is 16.7 Å². The number of aromatic amines is 3. The topological polar surface area (TPSA) is 538 Å². The number of carbonyl (C=O) groups excluding carboxylic acids is 1. The molecule has 0 radical (unpaired) electrons. The monoisotopic (exact) mass is 1220 g/mol. The average Bonchev–Trinajstić information content (AvgIpc) is 4.10. The molecule has 5 unspecified atom stereocenters. The maximum Gasteiger partial charge on any atom is 0.459 e. The molecule has 8 N–H and O–H groups in total. The summed E-state index contributed by atoms with van der Waals surface area (Å²) in [4.78, 5) is 118. The molecule has 13 atom stereocenters. The van der Waals surface area contributed by atoms with E-state index in [9.17, 15) is 52.4 Å². The van der Waals surface area contributed by atoms with Gasteiger partial charge < -0.3 is 43.3 Å². The van der Waals surface area contributed by atoms with Gasteiger partial charge in [-0.25, -0.2) is 28.6 Å². The Morgan fingerprint density at radius 3 is 1.42 bits per heavy atom. The molecule has 0 bridgehead atoms. The molecule has 3 aliphatic heterocycles. The van der Waals surface area contributed by atoms with Crippen molar-refractivity contribution in [3.63, 3.8) is 0 Å². The summed E-state index contributed by atoms with van der Waals surface area (Å²) in [5, 5.41) is 33.1. The number of carboxylic acids is 1. The predicted octanol–water partition coefficient (Wildman–Crippen LogP) is 1.97. The van der Waals surface area contributed by atoms with Gasteiger partial charge in [-0.15, -0.1) is 0 Å². The lowest BCUT2D eigenvalue weighted by molar-refractivity contribution is -0.142. The minimum absolute atomic E-state index is 0.0537. The Morgan fingerprint density at radius 1 is 0.667 bits per heavy atom. The zero-order valence-corrected chi connectivity index (χ0v) is 47.4. The number of nitrogens with one attached hydrogen (secondary N) is 5. The average molecular weight is 1220 g/mol. The zero-order chi connectivity index (χ0) is 62.2. The van der Waals surface area contributed by atoms with Gasteiger partial charge in [0.05, 0.1) is 70.5 Å². The van der Waals surface area contributed by atoms with E-state index in [-0.39, 0.29) is 42.7 Å². The largest absolute Gasteiger partial charge is 0.497 e. The normalized spacial score (nSPS) is 23.6. The Morgan fingerprint density at radius 2 is 1.05 bits per heavy atom. The van der Waals surface area contributed by atoms with Crippen LogP contribution in [0.15, 0.2) is 87.0 Å². The fourth-order valence-corrected chi connectivity index (χ4v) is 10.6. The molecular formula is C44H59N17O21P2. The molecule has 0 saturated carbocycles. The SMILES string of the molecule is COC(=O)[C@H](C)NP(=O)(OC[C@H]1O[C@@H](n2cc(C)c(=O)[nH]c2=O)CC1N=[N+]=[N-])Oc1ccc(OC)cc1.Cc1cn([C@H]2CC(N=[N+]=[N-])[C@@H](CO)O2)c(=O)[nH]c1=O.Cc1cn([C@H]2CC(N=[N+]=[N-])[C@@H](COP(=O)(O)N[C@@H](C)C(=O)O)O2)c(=O)[nH]c1=O. The number of aliphatic hydroxyl groups excluding tert-OH is 1. The third kappa shape index (κ3) is 17.9. The van der Waals surface area contributed by atoms with Crippen molar-refractivity contribution in [1.29, 1.82) is 0 Å². The van der Waals surface area contributed by atoms with Gasteiger partial charge in [0.15, 0.2) is 0 Å². The number of aliphatic hydroxyl groups is 1. The van der Waals surface area contributed by atoms with Crippen LogP contribution in [-0.2, 0) is 46.7 Å². The van der Waals surface area contributed by atoms with E-state index in [1.54, 1.807) is 19.1 Å². The highest BCUT2D eigenvalue weighted by Gasteiger charge is 2.42. The number of methoxy groups -OCH3 is 2. The number of esters is 1. The first-order valence-corrected chi connectivity index (χ1v) is 27.9. The van der Waals surface area contributed by atoms with Crippen LogP contribution in [0.5, 0.6) is 11.5 Å². The number of azide groups is 3. The van der Waals surface area contributed by atoms with Gasteiger partial charge in [-0.05, 0) is 75.5 Å². The van der Waals surface area contributed by atoms with Gasteiger partial charge in [-0.2, -0.15) is 5.09 Å². The minimum atomic E-state index is -4.48. The van der Waals surface area contributed by atoms with E-state index in [2.05, 4.69) is 54.9 Å². The summed E-state index contributed by atoms with van der Waals surface area (Å²) in [6.45, 7) is 5.94. The van der Waals surface area contributed by atoms with Gasteiger partial charge >= 0.3 is 44.5 Å². The first-order valence-electron chi connectivity index (χ1n) is 24.8. The van der Waals surface area contributed by atoms with E-state index >= 15 is 0 Å². The van der Waals surface area contributed by atoms with Crippen LogP contribution >= 0.6 is 15.5 Å². The van der Waals surface area contributed by atoms with E-state index in [0.29, 0.717) is 11.3 Å². The molecule has 3 saturated heterocycles. The molecule has 456 valence electrons. The number of carboxylic acid groups (broad SMARTS) is 1. The number of benzene rings is 1. The van der Waals surface area contributed by atoms with Gasteiger partial charge in [0, 0.05) is 69.3 Å². The number of aryl methyl sites for hydroxylation is 3. The summed E-state index contributed by atoms with van der Waals surface area (Å²) in [6.07, 6.45) is -0.640. The molecule has 4 aromatic rings. The molecule has 0 amide bonds. The molecule has 3 fully saturated rings. The van der Waals surface area contributed by atoms with E-state index < -0.39 is 142 Å². The van der Waals surface area contributed by atoms with Crippen LogP contribution in [0.4, 0.5) is 0 Å². The van der Waals surface area contributed by atoms with Crippen LogP contribution in [-0.4, -0.2) is 138 Å². The molecule has 38 nitrogen and oxygen atoms in total. The van der Waals surface area contributed by atoms with Crippen molar-refractivity contribution >= 4 is 27.4 Å². The van der Waals surface area contributed by atoms with Crippen LogP contribution in [0.2, 0.25) is 0 Å². The smallest absolute Gasteiger partial charge is 0.459 e. The molecule has 7 rings (SSSR count). The molecule has 0 spiro atoms. The number of aromatic nitrogens is 6. The lowest BCUT2D eigenvalue weighted by Gasteiger charge is -2.24. The standard InChI is InChI=1S/C21H27N6O9P.C13H19N6O8P.C10H13N5O4/c1-12-10-27(21(30)23-19(12)28)18-9-16(24-26-22)17(35-18)11-34-37(31,25-13(2)20(29)33-4)36-15-7-5-14(32-3)6-8-15;1-6-4-19(13(23)15-11(6)20)10-3-8(16-18-14)9(27-10)5-26-28(24,25)17-7(2)12(21)22;1-5-3-15(10(18)12-9(5)17)8-2-6(13-14-11)7(4-16)19-8/h5-8,10,13,16-18H,9,11H2,1-4H3,(H,25,31)(H,23,28,30);4,7-10H,3,5H2,1-2H3,(H,21,22)(H,15,20,23)(H2,17,24,25);3,6-8,16H,2,4H2,1H3,(H,12,17,18)/t13-,16?,17+,18+,37?;7-,8?,9+,10+;6?,7-,8-/m001/s1. The highest BCUT2D eigenvalue weighted by Crippen LogP contribution is 2.47. The van der Waals surface area contributed by atoms with Crippen LogP contribution in [0.25, 0.3) is 31.3 Å². The summed E-state index contributed by atoms with van der Waals surface area (Å²) < 4.78 is 71.8. The molecule has 1 aromatic carbocycles. The zero-order valence-electron chi connectivity index (χ0n) is 45.6. The lowest BCUT2D eigenvalue weighted by atomic mass is 10.1. The molecule has 0 aliphatic carbocycles. The van der Waals surface area contributed by atoms with Crippen LogP contribution in [0, 0.1) is 20.8 Å². The quantitative estimate of drug-likeness (QED) is 0.0183. The van der Waals surface area contributed by atoms with Crippen LogP contribution in [0.1, 0.15) is 68.5 Å². The number of H-pyrrole nitrogens is 3. The highest BCUT2D eigenvalue weighted by molar-refractivity contribution is 7.52. The Bertz CT molecular complexity index is 3630. The van der Waals surface area contributed by atoms with Crippen molar-refractivity contribution in [2.24, 2.45) is 15.3 Å². The number of ether oxygens (including phenoxy) is 5. The van der Waals surface area contributed by atoms with E-state index in [0.717, 1.165) is 11.5 Å². The van der Waals surface area contributed by atoms with Crippen molar-refractivity contribution in [3.05, 3.63) is 153 Å². The first kappa shape index (κ1) is 66.6. The van der Waals surface area contributed by atoms with Crippen molar-refractivity contribution in [3.8, 4) is 11.5 Å². The number of rotatable bonds is 22. The summed E-state index contributed by atoms with van der Waals surface area (Å²) in [7, 11) is -6.04. The highest BCUT2D eigenvalue weighted by atomic mass is 31.2. The Kier molecular flexibility index (Phi) is 23.7. The number of hydrogen-bond donors (Lipinski definition) is 8. The summed E-state index contributed by atoms with van der Waals surface area (Å²) in [6, 6.07) is 1.56. The molecule has 3 aromatic heterocycles. The third-order valence-electron chi connectivity index (χ3n) is 12.5. The number of aliphatic carboxylic acids is 1. The van der Waals surface area contributed by atoms with Gasteiger partial charge in [-0.3, -0.25) is 61.7 Å². The molecule has 3 aliphatic rings. The molecular weight excluding hydrogens is 1160 g/mol. The Hall–Kier alpha value is -8.17. The van der Waals surface area contributed by atoms with Crippen molar-refractivity contribution in [2.45, 2.75) is 121 Å². The second-order valence-corrected chi connectivity index (χ2v) is 21.7. The summed E-state index contributed by atoms with van der Waals surface area (Å²) in [5.74, 6) is -1.37.